The summed E-state index contributed by atoms with van der Waals surface area (Å²) in [7, 11) is -2.25. The molecule has 0 N–H and O–H groups in total. The molecule has 1 aromatic heterocycles. The zero-order valence-electron chi connectivity index (χ0n) is 19.9. The maximum atomic E-state index is 5.52. The first-order chi connectivity index (χ1) is 16.8. The quantitative estimate of drug-likeness (QED) is 0.161. The van der Waals surface area contributed by atoms with E-state index in [2.05, 4.69) is 139 Å². The molecule has 0 aliphatic carbocycles. The molecule has 2 nitrogen and oxygen atoms in total. The standard InChI is InChI=1S/C30H28N2PS.HI/c1-3-32-28(24-16-8-4-9-17-24)31-29(30(32)34-2)33(25-18-10-5-11-19-25,26-20-12-6-13-21-26)27-22-14-7-15-23-27;/h4-23H,3H2,1-2H3;1H/q+1;/p-1. The zero-order chi connectivity index (χ0) is 23.4. The molecule has 0 unspecified atom stereocenters. The van der Waals surface area contributed by atoms with Crippen LogP contribution in [0.1, 0.15) is 6.92 Å². The Balaban J connectivity index is 0.00000289. The van der Waals surface area contributed by atoms with Crippen molar-refractivity contribution >= 4 is 40.4 Å². The molecule has 4 aromatic carbocycles. The molecule has 5 heteroatoms. The van der Waals surface area contributed by atoms with Crippen molar-refractivity contribution in [3.8, 4) is 11.4 Å². The Hall–Kier alpha value is -2.40. The zero-order valence-corrected chi connectivity index (χ0v) is 23.8. The molecule has 0 spiro atoms. The van der Waals surface area contributed by atoms with Crippen LogP contribution in [0.5, 0.6) is 0 Å². The fourth-order valence-corrected chi connectivity index (χ4v) is 10.2. The molecular weight excluding hydrogens is 578 g/mol. The second kappa shape index (κ2) is 11.6. The third kappa shape index (κ3) is 4.60. The van der Waals surface area contributed by atoms with Crippen LogP contribution in [-0.2, 0) is 6.54 Å². The van der Waals surface area contributed by atoms with E-state index in [-0.39, 0.29) is 24.0 Å². The van der Waals surface area contributed by atoms with Gasteiger partial charge < -0.3 is 28.5 Å². The lowest BCUT2D eigenvalue weighted by Gasteiger charge is -2.26. The number of thioether (sulfide) groups is 1. The van der Waals surface area contributed by atoms with Crippen molar-refractivity contribution in [2.24, 2.45) is 0 Å². The average molecular weight is 607 g/mol. The Kier molecular flexibility index (Phi) is 8.48. The van der Waals surface area contributed by atoms with E-state index in [4.69, 9.17) is 4.98 Å². The van der Waals surface area contributed by atoms with Gasteiger partial charge in [-0.1, -0.05) is 84.9 Å². The molecule has 176 valence electrons. The van der Waals surface area contributed by atoms with Crippen LogP contribution >= 0.6 is 19.0 Å². The number of hydrogen-bond acceptors (Lipinski definition) is 2. The highest BCUT2D eigenvalue weighted by atomic mass is 127. The van der Waals surface area contributed by atoms with Gasteiger partial charge in [0.15, 0.2) is 7.26 Å². The van der Waals surface area contributed by atoms with E-state index in [0.717, 1.165) is 17.9 Å². The van der Waals surface area contributed by atoms with E-state index in [1.807, 2.05) is 0 Å². The van der Waals surface area contributed by atoms with Crippen LogP contribution in [0.25, 0.3) is 11.4 Å². The van der Waals surface area contributed by atoms with Gasteiger partial charge in [-0.25, -0.2) is 0 Å². The smallest absolute Gasteiger partial charge is 0.230 e. The molecule has 35 heavy (non-hydrogen) atoms. The van der Waals surface area contributed by atoms with Gasteiger partial charge in [0.1, 0.15) is 26.8 Å². The van der Waals surface area contributed by atoms with Crippen molar-refractivity contribution in [2.75, 3.05) is 6.26 Å². The average Bonchev–Trinajstić information content (AvgIpc) is 3.30. The molecule has 0 saturated carbocycles. The minimum atomic E-state index is -2.25. The van der Waals surface area contributed by atoms with Gasteiger partial charge in [-0.15, -0.1) is 11.8 Å². The van der Waals surface area contributed by atoms with Crippen LogP contribution in [0.2, 0.25) is 0 Å². The SMILES string of the molecule is CCn1c(-c2ccccc2)nc([P+](c2ccccc2)(c2ccccc2)c2ccccc2)c1SC.[I-]. The van der Waals surface area contributed by atoms with Gasteiger partial charge in [0.2, 0.25) is 5.44 Å². The first-order valence-electron chi connectivity index (χ1n) is 11.6. The van der Waals surface area contributed by atoms with Crippen molar-refractivity contribution in [1.82, 2.24) is 9.55 Å². The third-order valence-corrected chi connectivity index (χ3v) is 11.3. The molecule has 5 rings (SSSR count). The van der Waals surface area contributed by atoms with E-state index in [1.54, 1.807) is 11.8 Å². The highest BCUT2D eigenvalue weighted by molar-refractivity contribution is 8.04. The highest BCUT2D eigenvalue weighted by Gasteiger charge is 2.52. The molecule has 0 atom stereocenters. The predicted molar refractivity (Wildman–Crippen MR) is 150 cm³/mol. The minimum absolute atomic E-state index is 0. The number of imidazole rings is 1. The summed E-state index contributed by atoms with van der Waals surface area (Å²) in [4.78, 5) is 5.52. The van der Waals surface area contributed by atoms with Gasteiger partial charge in [-0.2, -0.15) is 4.98 Å². The number of hydrogen-bond donors (Lipinski definition) is 0. The summed E-state index contributed by atoms with van der Waals surface area (Å²) in [6, 6.07) is 43.5. The van der Waals surface area contributed by atoms with Crippen LogP contribution in [0.15, 0.2) is 126 Å². The summed E-state index contributed by atoms with van der Waals surface area (Å²) >= 11 is 1.80. The van der Waals surface area contributed by atoms with Crippen LogP contribution < -0.4 is 45.3 Å². The number of benzene rings is 4. The monoisotopic (exact) mass is 606 g/mol. The summed E-state index contributed by atoms with van der Waals surface area (Å²) < 4.78 is 2.39. The van der Waals surface area contributed by atoms with E-state index < -0.39 is 7.26 Å². The Morgan fingerprint density at radius 1 is 0.657 bits per heavy atom. The van der Waals surface area contributed by atoms with Gasteiger partial charge in [0.05, 0.1) is 0 Å². The van der Waals surface area contributed by atoms with Gasteiger partial charge in [-0.3, -0.25) is 0 Å². The topological polar surface area (TPSA) is 17.8 Å². The minimum Gasteiger partial charge on any atom is -1.00 e. The van der Waals surface area contributed by atoms with Crippen molar-refractivity contribution in [1.29, 1.82) is 0 Å². The Morgan fingerprint density at radius 2 is 1.06 bits per heavy atom. The summed E-state index contributed by atoms with van der Waals surface area (Å²) in [5, 5.41) is 5.21. The number of nitrogens with zero attached hydrogens (tertiary/aromatic N) is 2. The lowest BCUT2D eigenvalue weighted by Crippen LogP contribution is -3.00. The first kappa shape index (κ1) is 25.7. The fraction of sp³-hybridized carbons (Fsp3) is 0.100. The van der Waals surface area contributed by atoms with Crippen LogP contribution in [0, 0.1) is 0 Å². The molecule has 0 saturated heterocycles. The Bertz CT molecular complexity index is 1260. The number of halogens is 1. The second-order valence-electron chi connectivity index (χ2n) is 8.06. The summed E-state index contributed by atoms with van der Waals surface area (Å²) in [6.45, 7) is 3.08. The van der Waals surface area contributed by atoms with Crippen molar-refractivity contribution in [3.63, 3.8) is 0 Å². The molecule has 0 radical (unpaired) electrons. The lowest BCUT2D eigenvalue weighted by molar-refractivity contribution is -0.00000668. The second-order valence-corrected chi connectivity index (χ2v) is 12.2. The highest BCUT2D eigenvalue weighted by Crippen LogP contribution is 2.55. The fourth-order valence-electron chi connectivity index (χ4n) is 4.72. The summed E-state index contributed by atoms with van der Waals surface area (Å²) in [5.41, 5.74) is 2.34. The van der Waals surface area contributed by atoms with E-state index in [0.29, 0.717) is 0 Å². The van der Waals surface area contributed by atoms with Gasteiger partial charge >= 0.3 is 0 Å². The van der Waals surface area contributed by atoms with Crippen LogP contribution in [0.3, 0.4) is 0 Å². The predicted octanol–water partition coefficient (Wildman–Crippen LogP) is 2.92. The molecule has 0 aliphatic rings. The number of rotatable bonds is 7. The van der Waals surface area contributed by atoms with Crippen molar-refractivity contribution < 1.29 is 24.0 Å². The molecule has 5 aromatic rings. The normalized spacial score (nSPS) is 11.1. The maximum Gasteiger partial charge on any atom is 0.230 e. The van der Waals surface area contributed by atoms with Crippen molar-refractivity contribution in [2.45, 2.75) is 18.5 Å². The molecule has 1 heterocycles. The van der Waals surface area contributed by atoms with Crippen LogP contribution in [0.4, 0.5) is 0 Å². The molecule has 0 aliphatic heterocycles. The Morgan fingerprint density at radius 3 is 1.43 bits per heavy atom. The van der Waals surface area contributed by atoms with Gasteiger partial charge in [0.25, 0.3) is 0 Å². The van der Waals surface area contributed by atoms with E-state index in [1.165, 1.54) is 26.4 Å². The Labute approximate surface area is 230 Å². The van der Waals surface area contributed by atoms with Gasteiger partial charge in [0, 0.05) is 12.1 Å². The number of aromatic nitrogens is 2. The van der Waals surface area contributed by atoms with E-state index in [9.17, 15) is 0 Å². The summed E-state index contributed by atoms with van der Waals surface area (Å²) in [6.07, 6.45) is 2.18. The molecular formula is C30H28IN2PS. The molecule has 0 bridgehead atoms. The maximum absolute atomic E-state index is 5.52. The van der Waals surface area contributed by atoms with Crippen molar-refractivity contribution in [3.05, 3.63) is 121 Å². The first-order valence-corrected chi connectivity index (χ1v) is 14.6. The van der Waals surface area contributed by atoms with E-state index >= 15 is 0 Å². The molecule has 0 amide bonds. The summed E-state index contributed by atoms with van der Waals surface area (Å²) in [5.74, 6) is 1.04. The third-order valence-electron chi connectivity index (χ3n) is 6.19. The lowest BCUT2D eigenvalue weighted by atomic mass is 10.2. The van der Waals surface area contributed by atoms with Gasteiger partial charge in [-0.05, 0) is 49.6 Å². The largest absolute Gasteiger partial charge is 1.00 e. The van der Waals surface area contributed by atoms with Crippen LogP contribution in [-0.4, -0.2) is 15.8 Å². The molecule has 0 fully saturated rings.